The normalized spacial score (nSPS) is 24.7. The molecule has 15 heavy (non-hydrogen) atoms. The van der Waals surface area contributed by atoms with Crippen molar-refractivity contribution in [2.45, 2.75) is 18.9 Å². The number of nitrogens with two attached hydrogens (primary N) is 1. The first-order valence-electron chi connectivity index (χ1n) is 4.84. The molecule has 1 aromatic rings. The number of hydrogen-bond acceptors (Lipinski definition) is 5. The summed E-state index contributed by atoms with van der Waals surface area (Å²) in [6, 6.07) is 0. The van der Waals surface area contributed by atoms with Gasteiger partial charge in [0.1, 0.15) is 22.4 Å². The molecule has 0 unspecified atom stereocenters. The van der Waals surface area contributed by atoms with E-state index in [1.165, 1.54) is 6.33 Å². The molecule has 1 fully saturated rings. The molecule has 0 atom stereocenters. The molecule has 6 heteroatoms. The topological polar surface area (TPSA) is 84.1 Å². The minimum atomic E-state index is -0.115. The van der Waals surface area contributed by atoms with Gasteiger partial charge in [0.15, 0.2) is 0 Å². The zero-order valence-corrected chi connectivity index (χ0v) is 9.74. The van der Waals surface area contributed by atoms with E-state index in [9.17, 15) is 0 Å². The molecule has 1 aromatic heterocycles. The van der Waals surface area contributed by atoms with Crippen LogP contribution in [0.15, 0.2) is 10.8 Å². The highest BCUT2D eigenvalue weighted by atomic mass is 79.9. The average molecular weight is 273 g/mol. The molecule has 4 N–H and O–H groups in total. The first-order valence-corrected chi connectivity index (χ1v) is 5.64. The smallest absolute Gasteiger partial charge is 0.145 e. The minimum absolute atomic E-state index is 0.115. The van der Waals surface area contributed by atoms with Crippen molar-refractivity contribution in [3.8, 4) is 0 Å². The van der Waals surface area contributed by atoms with Crippen LogP contribution in [0.1, 0.15) is 12.8 Å². The van der Waals surface area contributed by atoms with E-state index >= 15 is 0 Å². The molecule has 0 bridgehead atoms. The van der Waals surface area contributed by atoms with Crippen LogP contribution in [0.25, 0.3) is 0 Å². The number of aliphatic hydroxyl groups is 1. The van der Waals surface area contributed by atoms with Crippen LogP contribution in [-0.2, 0) is 0 Å². The highest BCUT2D eigenvalue weighted by Crippen LogP contribution is 2.29. The molecule has 0 saturated heterocycles. The molecule has 1 heterocycles. The van der Waals surface area contributed by atoms with Crippen molar-refractivity contribution in [1.29, 1.82) is 0 Å². The Labute approximate surface area is 96.2 Å². The molecule has 1 saturated carbocycles. The first kappa shape index (κ1) is 10.6. The van der Waals surface area contributed by atoms with Gasteiger partial charge >= 0.3 is 0 Å². The number of aromatic nitrogens is 2. The van der Waals surface area contributed by atoms with Gasteiger partial charge in [-0.15, -0.1) is 0 Å². The fraction of sp³-hybridized carbons (Fsp3) is 0.556. The van der Waals surface area contributed by atoms with Gasteiger partial charge in [-0.05, 0) is 34.7 Å². The second-order valence-electron chi connectivity index (χ2n) is 3.79. The van der Waals surface area contributed by atoms with E-state index in [1.807, 2.05) is 0 Å². The van der Waals surface area contributed by atoms with Crippen LogP contribution in [-0.4, -0.2) is 27.7 Å². The number of nitrogens with zero attached hydrogens (tertiary/aromatic N) is 2. The summed E-state index contributed by atoms with van der Waals surface area (Å²) in [7, 11) is 0. The minimum Gasteiger partial charge on any atom is -0.393 e. The standard InChI is InChI=1S/C9H13BrN4O/c10-7-8(11)13-4-14-9(7)12-3-5-1-6(15)2-5/h4-6,15H,1-3H2,(H3,11,12,13,14). The number of anilines is 2. The maximum Gasteiger partial charge on any atom is 0.145 e. The maximum atomic E-state index is 9.13. The van der Waals surface area contributed by atoms with Crippen molar-refractivity contribution >= 4 is 27.6 Å². The lowest BCUT2D eigenvalue weighted by atomic mass is 9.82. The Bertz CT molecular complexity index is 354. The molecule has 82 valence electrons. The summed E-state index contributed by atoms with van der Waals surface area (Å²) in [5.74, 6) is 1.67. The van der Waals surface area contributed by atoms with Gasteiger partial charge in [0.2, 0.25) is 0 Å². The molecule has 1 aliphatic rings. The Kier molecular flexibility index (Phi) is 3.06. The highest BCUT2D eigenvalue weighted by molar-refractivity contribution is 9.10. The second kappa shape index (κ2) is 4.32. The Morgan fingerprint density at radius 1 is 1.53 bits per heavy atom. The number of nitrogen functional groups attached to an aromatic ring is 1. The zero-order chi connectivity index (χ0) is 10.8. The van der Waals surface area contributed by atoms with E-state index in [1.54, 1.807) is 0 Å². The monoisotopic (exact) mass is 272 g/mol. The summed E-state index contributed by atoms with van der Waals surface area (Å²) in [5.41, 5.74) is 5.62. The second-order valence-corrected chi connectivity index (χ2v) is 4.59. The molecule has 5 nitrogen and oxygen atoms in total. The fourth-order valence-electron chi connectivity index (χ4n) is 1.61. The summed E-state index contributed by atoms with van der Waals surface area (Å²) in [6.07, 6.45) is 3.05. The first-order chi connectivity index (χ1) is 7.16. The van der Waals surface area contributed by atoms with Gasteiger partial charge in [0, 0.05) is 6.54 Å². The third-order valence-corrected chi connectivity index (χ3v) is 3.37. The molecule has 0 radical (unpaired) electrons. The van der Waals surface area contributed by atoms with Gasteiger partial charge in [-0.25, -0.2) is 9.97 Å². The Balaban J connectivity index is 1.91. The Hall–Kier alpha value is -0.880. The number of aliphatic hydroxyl groups excluding tert-OH is 1. The Morgan fingerprint density at radius 3 is 2.93 bits per heavy atom. The SMILES string of the molecule is Nc1ncnc(NCC2CC(O)C2)c1Br. The lowest BCUT2D eigenvalue weighted by molar-refractivity contribution is 0.0486. The molecule has 0 aliphatic heterocycles. The lowest BCUT2D eigenvalue weighted by Gasteiger charge is -2.31. The van der Waals surface area contributed by atoms with Crippen LogP contribution < -0.4 is 11.1 Å². The lowest BCUT2D eigenvalue weighted by Crippen LogP contribution is -2.33. The largest absolute Gasteiger partial charge is 0.393 e. The van der Waals surface area contributed by atoms with Gasteiger partial charge in [-0.1, -0.05) is 0 Å². The van der Waals surface area contributed by atoms with Crippen LogP contribution in [0.4, 0.5) is 11.6 Å². The van der Waals surface area contributed by atoms with Gasteiger partial charge in [0.05, 0.1) is 6.10 Å². The average Bonchev–Trinajstić information content (AvgIpc) is 2.17. The molecule has 0 spiro atoms. The van der Waals surface area contributed by atoms with Crippen molar-refractivity contribution in [1.82, 2.24) is 9.97 Å². The molecule has 1 aliphatic carbocycles. The highest BCUT2D eigenvalue weighted by Gasteiger charge is 2.26. The van der Waals surface area contributed by atoms with Crippen LogP contribution >= 0.6 is 15.9 Å². The summed E-state index contributed by atoms with van der Waals surface area (Å²) >= 11 is 3.32. The number of hydrogen-bond donors (Lipinski definition) is 3. The van der Waals surface area contributed by atoms with Crippen molar-refractivity contribution in [2.24, 2.45) is 5.92 Å². The van der Waals surface area contributed by atoms with Crippen molar-refractivity contribution in [3.05, 3.63) is 10.8 Å². The van der Waals surface area contributed by atoms with Crippen LogP contribution in [0.2, 0.25) is 0 Å². The molecular weight excluding hydrogens is 260 g/mol. The third kappa shape index (κ3) is 2.38. The van der Waals surface area contributed by atoms with E-state index in [0.29, 0.717) is 22.0 Å². The fourth-order valence-corrected chi connectivity index (χ4v) is 1.96. The Morgan fingerprint density at radius 2 is 2.27 bits per heavy atom. The van der Waals surface area contributed by atoms with Crippen molar-refractivity contribution in [3.63, 3.8) is 0 Å². The molecular formula is C9H13BrN4O. The summed E-state index contributed by atoms with van der Waals surface area (Å²) in [6.45, 7) is 0.812. The zero-order valence-electron chi connectivity index (χ0n) is 8.15. The van der Waals surface area contributed by atoms with Gasteiger partial charge in [-0.3, -0.25) is 0 Å². The number of nitrogens with one attached hydrogen (secondary N) is 1. The molecule has 2 rings (SSSR count). The van der Waals surface area contributed by atoms with Crippen molar-refractivity contribution in [2.75, 3.05) is 17.6 Å². The van der Waals surface area contributed by atoms with Gasteiger partial charge in [0.25, 0.3) is 0 Å². The third-order valence-electron chi connectivity index (χ3n) is 2.59. The van der Waals surface area contributed by atoms with E-state index in [-0.39, 0.29) is 6.10 Å². The number of halogens is 1. The van der Waals surface area contributed by atoms with Gasteiger partial charge < -0.3 is 16.2 Å². The van der Waals surface area contributed by atoms with E-state index in [0.717, 1.165) is 19.4 Å². The number of rotatable bonds is 3. The van der Waals surface area contributed by atoms with Gasteiger partial charge in [-0.2, -0.15) is 0 Å². The van der Waals surface area contributed by atoms with E-state index in [2.05, 4.69) is 31.2 Å². The predicted octanol–water partition coefficient (Wildman–Crippen LogP) is 1.00. The summed E-state index contributed by atoms with van der Waals surface area (Å²) in [5, 5.41) is 12.3. The van der Waals surface area contributed by atoms with Crippen molar-refractivity contribution < 1.29 is 5.11 Å². The predicted molar refractivity (Wildman–Crippen MR) is 61.4 cm³/mol. The molecule has 0 amide bonds. The van der Waals surface area contributed by atoms with Crippen LogP contribution in [0.3, 0.4) is 0 Å². The van der Waals surface area contributed by atoms with E-state index in [4.69, 9.17) is 10.8 Å². The summed E-state index contributed by atoms with van der Waals surface area (Å²) < 4.78 is 0.699. The summed E-state index contributed by atoms with van der Waals surface area (Å²) in [4.78, 5) is 7.93. The quantitative estimate of drug-likeness (QED) is 0.765. The van der Waals surface area contributed by atoms with Crippen LogP contribution in [0.5, 0.6) is 0 Å². The van der Waals surface area contributed by atoms with Crippen LogP contribution in [0, 0.1) is 5.92 Å². The van der Waals surface area contributed by atoms with E-state index < -0.39 is 0 Å². The molecule has 0 aromatic carbocycles. The maximum absolute atomic E-state index is 9.13.